The highest BCUT2D eigenvalue weighted by Gasteiger charge is 2.21. The summed E-state index contributed by atoms with van der Waals surface area (Å²) in [4.78, 5) is 0. The fourth-order valence-electron chi connectivity index (χ4n) is 1.57. The third-order valence-electron chi connectivity index (χ3n) is 2.92. The summed E-state index contributed by atoms with van der Waals surface area (Å²) in [5.41, 5.74) is 0.464. The van der Waals surface area contributed by atoms with Crippen LogP contribution in [0.3, 0.4) is 0 Å². The predicted molar refractivity (Wildman–Crippen MR) is 65.0 cm³/mol. The van der Waals surface area contributed by atoms with Crippen molar-refractivity contribution in [2.45, 2.75) is 65.6 Å². The second-order valence-electron chi connectivity index (χ2n) is 5.66. The van der Waals surface area contributed by atoms with Crippen LogP contribution in [0.15, 0.2) is 0 Å². The predicted octanol–water partition coefficient (Wildman–Crippen LogP) is 3.99. The van der Waals surface area contributed by atoms with Crippen molar-refractivity contribution in [2.75, 3.05) is 14.2 Å². The fourth-order valence-corrected chi connectivity index (χ4v) is 1.57. The standard InChI is InChI=1S/C13H28O2/c1-12(2,3)10-8-7-9-11-13(4,14-5)15-6/h7-11H2,1-6H3. The molecular formula is C13H28O2. The Hall–Kier alpha value is -0.0800. The van der Waals surface area contributed by atoms with Crippen molar-refractivity contribution in [3.63, 3.8) is 0 Å². The lowest BCUT2D eigenvalue weighted by molar-refractivity contribution is -0.197. The van der Waals surface area contributed by atoms with E-state index in [2.05, 4.69) is 20.8 Å². The maximum absolute atomic E-state index is 5.31. The Labute approximate surface area is 95.3 Å². The van der Waals surface area contributed by atoms with Crippen molar-refractivity contribution in [2.24, 2.45) is 5.41 Å². The summed E-state index contributed by atoms with van der Waals surface area (Å²) in [7, 11) is 3.41. The van der Waals surface area contributed by atoms with Gasteiger partial charge in [0.25, 0.3) is 0 Å². The number of unbranched alkanes of at least 4 members (excludes halogenated alkanes) is 2. The van der Waals surface area contributed by atoms with E-state index in [0.717, 1.165) is 6.42 Å². The summed E-state index contributed by atoms with van der Waals surface area (Å²) < 4.78 is 10.6. The topological polar surface area (TPSA) is 18.5 Å². The zero-order valence-corrected chi connectivity index (χ0v) is 11.4. The number of hydrogen-bond acceptors (Lipinski definition) is 2. The van der Waals surface area contributed by atoms with Gasteiger partial charge in [-0.3, -0.25) is 0 Å². The molecule has 0 aliphatic rings. The SMILES string of the molecule is COC(C)(CCCCCC(C)(C)C)OC. The highest BCUT2D eigenvalue weighted by molar-refractivity contribution is 4.64. The molecule has 0 fully saturated rings. The summed E-state index contributed by atoms with van der Waals surface area (Å²) in [6, 6.07) is 0. The van der Waals surface area contributed by atoms with Gasteiger partial charge in [0.1, 0.15) is 0 Å². The quantitative estimate of drug-likeness (QED) is 0.473. The van der Waals surface area contributed by atoms with Crippen LogP contribution in [0.5, 0.6) is 0 Å². The van der Waals surface area contributed by atoms with Crippen LogP contribution in [-0.4, -0.2) is 20.0 Å². The maximum atomic E-state index is 5.31. The summed E-state index contributed by atoms with van der Waals surface area (Å²) >= 11 is 0. The molecule has 0 aromatic heterocycles. The third-order valence-corrected chi connectivity index (χ3v) is 2.92. The minimum absolute atomic E-state index is 0.387. The Morgan fingerprint density at radius 2 is 1.20 bits per heavy atom. The van der Waals surface area contributed by atoms with Crippen molar-refractivity contribution in [1.29, 1.82) is 0 Å². The van der Waals surface area contributed by atoms with Crippen LogP contribution in [0.25, 0.3) is 0 Å². The van der Waals surface area contributed by atoms with Crippen molar-refractivity contribution in [3.05, 3.63) is 0 Å². The monoisotopic (exact) mass is 216 g/mol. The molecular weight excluding hydrogens is 188 g/mol. The maximum Gasteiger partial charge on any atom is 0.164 e. The summed E-state index contributed by atoms with van der Waals surface area (Å²) in [5.74, 6) is -0.387. The Bertz CT molecular complexity index is 154. The lowest BCUT2D eigenvalue weighted by Gasteiger charge is -2.26. The molecule has 0 saturated carbocycles. The van der Waals surface area contributed by atoms with Crippen LogP contribution < -0.4 is 0 Å². The van der Waals surface area contributed by atoms with E-state index >= 15 is 0 Å². The minimum atomic E-state index is -0.387. The lowest BCUT2D eigenvalue weighted by Crippen LogP contribution is -2.29. The molecule has 2 heteroatoms. The number of rotatable bonds is 7. The van der Waals surface area contributed by atoms with E-state index in [9.17, 15) is 0 Å². The second-order valence-corrected chi connectivity index (χ2v) is 5.66. The van der Waals surface area contributed by atoms with Gasteiger partial charge in [-0.15, -0.1) is 0 Å². The Morgan fingerprint density at radius 3 is 1.60 bits per heavy atom. The molecule has 0 rings (SSSR count). The van der Waals surface area contributed by atoms with E-state index in [0.29, 0.717) is 5.41 Å². The average Bonchev–Trinajstić information content (AvgIpc) is 2.15. The summed E-state index contributed by atoms with van der Waals surface area (Å²) in [6.45, 7) is 8.88. The van der Waals surface area contributed by atoms with Gasteiger partial charge in [0.2, 0.25) is 0 Å². The molecule has 0 radical (unpaired) electrons. The molecule has 0 saturated heterocycles. The average molecular weight is 216 g/mol. The zero-order chi connectivity index (χ0) is 11.9. The molecule has 0 atom stereocenters. The van der Waals surface area contributed by atoms with Crippen LogP contribution in [0.4, 0.5) is 0 Å². The smallest absolute Gasteiger partial charge is 0.164 e. The fraction of sp³-hybridized carbons (Fsp3) is 1.00. The van der Waals surface area contributed by atoms with Crippen molar-refractivity contribution < 1.29 is 9.47 Å². The van der Waals surface area contributed by atoms with E-state index in [1.807, 2.05) is 6.92 Å². The largest absolute Gasteiger partial charge is 0.353 e. The molecule has 0 amide bonds. The normalized spacial score (nSPS) is 13.2. The van der Waals surface area contributed by atoms with E-state index < -0.39 is 0 Å². The first-order valence-electron chi connectivity index (χ1n) is 5.93. The van der Waals surface area contributed by atoms with Gasteiger partial charge in [-0.1, -0.05) is 33.6 Å². The molecule has 0 bridgehead atoms. The second kappa shape index (κ2) is 6.49. The van der Waals surface area contributed by atoms with Crippen LogP contribution in [0.2, 0.25) is 0 Å². The highest BCUT2D eigenvalue weighted by Crippen LogP contribution is 2.24. The molecule has 92 valence electrons. The molecule has 0 aliphatic heterocycles. The first-order valence-corrected chi connectivity index (χ1v) is 5.93. The molecule has 0 spiro atoms. The molecule has 0 heterocycles. The minimum Gasteiger partial charge on any atom is -0.353 e. The summed E-state index contributed by atoms with van der Waals surface area (Å²) in [5, 5.41) is 0. The van der Waals surface area contributed by atoms with Crippen LogP contribution in [-0.2, 0) is 9.47 Å². The lowest BCUT2D eigenvalue weighted by atomic mass is 9.89. The molecule has 0 N–H and O–H groups in total. The molecule has 15 heavy (non-hydrogen) atoms. The number of hydrogen-bond donors (Lipinski definition) is 0. The molecule has 0 unspecified atom stereocenters. The Morgan fingerprint density at radius 1 is 0.733 bits per heavy atom. The van der Waals surface area contributed by atoms with Gasteiger partial charge in [-0.05, 0) is 25.2 Å². The van der Waals surface area contributed by atoms with Crippen LogP contribution in [0, 0.1) is 5.41 Å². The first-order chi connectivity index (χ1) is 6.83. The molecule has 2 nitrogen and oxygen atoms in total. The van der Waals surface area contributed by atoms with Gasteiger partial charge >= 0.3 is 0 Å². The third kappa shape index (κ3) is 7.80. The van der Waals surface area contributed by atoms with E-state index in [-0.39, 0.29) is 5.79 Å². The van der Waals surface area contributed by atoms with Gasteiger partial charge in [0, 0.05) is 20.6 Å². The molecule has 0 aromatic rings. The van der Waals surface area contributed by atoms with Gasteiger partial charge in [-0.2, -0.15) is 0 Å². The van der Waals surface area contributed by atoms with Crippen molar-refractivity contribution in [3.8, 4) is 0 Å². The van der Waals surface area contributed by atoms with Crippen molar-refractivity contribution >= 4 is 0 Å². The number of methoxy groups -OCH3 is 2. The Balaban J connectivity index is 3.54. The molecule has 0 aromatic carbocycles. The first kappa shape index (κ1) is 14.9. The van der Waals surface area contributed by atoms with E-state index in [1.165, 1.54) is 25.7 Å². The number of ether oxygens (including phenoxy) is 2. The summed E-state index contributed by atoms with van der Waals surface area (Å²) in [6.07, 6.45) is 6.01. The highest BCUT2D eigenvalue weighted by atomic mass is 16.7. The van der Waals surface area contributed by atoms with Gasteiger partial charge < -0.3 is 9.47 Å². The van der Waals surface area contributed by atoms with Gasteiger partial charge in [0.05, 0.1) is 0 Å². The van der Waals surface area contributed by atoms with E-state index in [1.54, 1.807) is 14.2 Å². The van der Waals surface area contributed by atoms with Crippen LogP contribution in [0.1, 0.15) is 59.8 Å². The van der Waals surface area contributed by atoms with Gasteiger partial charge in [0.15, 0.2) is 5.79 Å². The molecule has 0 aliphatic carbocycles. The van der Waals surface area contributed by atoms with Crippen molar-refractivity contribution in [1.82, 2.24) is 0 Å². The zero-order valence-electron chi connectivity index (χ0n) is 11.4. The van der Waals surface area contributed by atoms with Gasteiger partial charge in [-0.25, -0.2) is 0 Å². The van der Waals surface area contributed by atoms with E-state index in [4.69, 9.17) is 9.47 Å². The van der Waals surface area contributed by atoms with Crippen LogP contribution >= 0.6 is 0 Å². The Kier molecular flexibility index (Phi) is 6.46.